The van der Waals surface area contributed by atoms with Crippen LogP contribution in [-0.4, -0.2) is 22.9 Å². The molecule has 0 aromatic heterocycles. The van der Waals surface area contributed by atoms with Crippen molar-refractivity contribution in [3.8, 4) is 0 Å². The van der Waals surface area contributed by atoms with E-state index >= 15 is 0 Å². The Morgan fingerprint density at radius 2 is 1.65 bits per heavy atom. The summed E-state index contributed by atoms with van der Waals surface area (Å²) >= 11 is 0. The Hall–Kier alpha value is -2.18. The summed E-state index contributed by atoms with van der Waals surface area (Å²) in [6.07, 6.45) is 2.87. The van der Waals surface area contributed by atoms with Gasteiger partial charge in [-0.05, 0) is 38.7 Å². The molecule has 1 aliphatic heterocycles. The Morgan fingerprint density at radius 3 is 2.15 bits per heavy atom. The van der Waals surface area contributed by atoms with Crippen LogP contribution in [0.5, 0.6) is 0 Å². The van der Waals surface area contributed by atoms with E-state index in [9.17, 15) is 20.2 Å². The van der Waals surface area contributed by atoms with Crippen LogP contribution in [-0.2, 0) is 0 Å². The lowest BCUT2D eigenvalue weighted by atomic mass is 10.0. The highest BCUT2D eigenvalue weighted by Gasteiger charge is 2.33. The zero-order valence-corrected chi connectivity index (χ0v) is 11.6. The summed E-state index contributed by atoms with van der Waals surface area (Å²) in [6.45, 7) is 4.56. The summed E-state index contributed by atoms with van der Waals surface area (Å²) < 4.78 is 0. The number of benzene rings is 1. The molecule has 0 radical (unpaired) electrons. The van der Waals surface area contributed by atoms with Crippen LogP contribution >= 0.6 is 0 Å². The minimum absolute atomic E-state index is 0.126. The second kappa shape index (κ2) is 5.44. The highest BCUT2D eigenvalue weighted by Crippen LogP contribution is 2.42. The number of hydrogen-bond acceptors (Lipinski definition) is 5. The molecule has 0 unspecified atom stereocenters. The fourth-order valence-corrected chi connectivity index (χ4v) is 2.66. The quantitative estimate of drug-likeness (QED) is 0.626. The molecule has 7 nitrogen and oxygen atoms in total. The topological polar surface area (TPSA) is 89.5 Å². The smallest absolute Gasteiger partial charge is 0.302 e. The standard InChI is InChI=1S/C13H17N3O4/c1-9-8-11(15(17)18)13(12(10(9)2)16(19)20)14-6-4-3-5-7-14/h8H,3-7H2,1-2H3. The molecule has 1 fully saturated rings. The number of rotatable bonds is 3. The first-order valence-corrected chi connectivity index (χ1v) is 6.61. The SMILES string of the molecule is Cc1cc([N+](=O)[O-])c(N2CCCCC2)c([N+](=O)[O-])c1C. The third kappa shape index (κ3) is 2.43. The Bertz CT molecular complexity index is 565. The van der Waals surface area contributed by atoms with Crippen molar-refractivity contribution in [1.82, 2.24) is 0 Å². The highest BCUT2D eigenvalue weighted by molar-refractivity contribution is 5.79. The lowest BCUT2D eigenvalue weighted by molar-refractivity contribution is -0.393. The molecule has 1 heterocycles. The van der Waals surface area contributed by atoms with Gasteiger partial charge in [0.2, 0.25) is 0 Å². The average Bonchev–Trinajstić information content (AvgIpc) is 2.41. The minimum Gasteiger partial charge on any atom is -0.360 e. The van der Waals surface area contributed by atoms with Crippen molar-refractivity contribution >= 4 is 17.1 Å². The van der Waals surface area contributed by atoms with Gasteiger partial charge in [0.1, 0.15) is 0 Å². The van der Waals surface area contributed by atoms with Gasteiger partial charge in [-0.25, -0.2) is 0 Å². The first-order valence-electron chi connectivity index (χ1n) is 6.61. The summed E-state index contributed by atoms with van der Waals surface area (Å²) in [6, 6.07) is 1.44. The third-order valence-electron chi connectivity index (χ3n) is 3.82. The van der Waals surface area contributed by atoms with E-state index in [1.165, 1.54) is 6.07 Å². The van der Waals surface area contributed by atoms with Crippen LogP contribution in [0.3, 0.4) is 0 Å². The van der Waals surface area contributed by atoms with E-state index in [1.807, 2.05) is 0 Å². The van der Waals surface area contributed by atoms with Gasteiger partial charge in [-0.2, -0.15) is 0 Å². The normalized spacial score (nSPS) is 15.2. The van der Waals surface area contributed by atoms with Crippen LogP contribution in [0.2, 0.25) is 0 Å². The van der Waals surface area contributed by atoms with Crippen molar-refractivity contribution in [1.29, 1.82) is 0 Å². The van der Waals surface area contributed by atoms with Gasteiger partial charge in [0, 0.05) is 24.7 Å². The van der Waals surface area contributed by atoms with Gasteiger partial charge in [0.05, 0.1) is 9.85 Å². The van der Waals surface area contributed by atoms with Crippen LogP contribution < -0.4 is 4.90 Å². The van der Waals surface area contributed by atoms with E-state index in [4.69, 9.17) is 0 Å². The summed E-state index contributed by atoms with van der Waals surface area (Å²) in [5.41, 5.74) is 0.952. The maximum absolute atomic E-state index is 11.4. The van der Waals surface area contributed by atoms with E-state index in [0.717, 1.165) is 19.3 Å². The Morgan fingerprint density at radius 1 is 1.05 bits per heavy atom. The van der Waals surface area contributed by atoms with E-state index in [1.54, 1.807) is 18.7 Å². The lowest BCUT2D eigenvalue weighted by Crippen LogP contribution is -2.30. The van der Waals surface area contributed by atoms with Gasteiger partial charge in [-0.3, -0.25) is 20.2 Å². The molecule has 0 aliphatic carbocycles. The fourth-order valence-electron chi connectivity index (χ4n) is 2.66. The van der Waals surface area contributed by atoms with E-state index in [2.05, 4.69) is 0 Å². The molecule has 2 rings (SSSR count). The van der Waals surface area contributed by atoms with Crippen molar-refractivity contribution in [3.63, 3.8) is 0 Å². The Balaban J connectivity index is 2.69. The molecule has 1 aromatic rings. The van der Waals surface area contributed by atoms with E-state index in [0.29, 0.717) is 24.2 Å². The molecular formula is C13H17N3O4. The maximum atomic E-state index is 11.4. The van der Waals surface area contributed by atoms with E-state index in [-0.39, 0.29) is 17.1 Å². The summed E-state index contributed by atoms with van der Waals surface area (Å²) in [4.78, 5) is 23.4. The number of nitro groups is 2. The summed E-state index contributed by atoms with van der Waals surface area (Å²) in [7, 11) is 0. The number of piperidine rings is 1. The van der Waals surface area contributed by atoms with Gasteiger partial charge in [-0.1, -0.05) is 0 Å². The first kappa shape index (κ1) is 14.2. The molecule has 20 heavy (non-hydrogen) atoms. The molecule has 0 N–H and O–H groups in total. The number of aryl methyl sites for hydroxylation is 1. The molecule has 0 amide bonds. The monoisotopic (exact) mass is 279 g/mol. The zero-order valence-electron chi connectivity index (χ0n) is 11.6. The Labute approximate surface area is 116 Å². The average molecular weight is 279 g/mol. The second-order valence-corrected chi connectivity index (χ2v) is 5.10. The van der Waals surface area contributed by atoms with Crippen molar-refractivity contribution in [2.75, 3.05) is 18.0 Å². The number of nitrogens with zero attached hydrogens (tertiary/aromatic N) is 3. The number of hydrogen-bond donors (Lipinski definition) is 0. The molecule has 1 saturated heterocycles. The zero-order chi connectivity index (χ0) is 14.9. The highest BCUT2D eigenvalue weighted by atomic mass is 16.6. The third-order valence-corrected chi connectivity index (χ3v) is 3.82. The number of nitro benzene ring substituents is 2. The molecule has 0 spiro atoms. The number of anilines is 1. The molecule has 0 bridgehead atoms. The molecule has 1 aliphatic rings. The van der Waals surface area contributed by atoms with Gasteiger partial charge in [0.15, 0.2) is 5.69 Å². The van der Waals surface area contributed by atoms with Crippen LogP contribution in [0.15, 0.2) is 6.07 Å². The fraction of sp³-hybridized carbons (Fsp3) is 0.538. The van der Waals surface area contributed by atoms with Crippen LogP contribution in [0.1, 0.15) is 30.4 Å². The van der Waals surface area contributed by atoms with Crippen molar-refractivity contribution in [2.45, 2.75) is 33.1 Å². The molecule has 0 atom stereocenters. The van der Waals surface area contributed by atoms with Crippen LogP contribution in [0, 0.1) is 34.1 Å². The molecule has 0 saturated carbocycles. The van der Waals surface area contributed by atoms with Crippen molar-refractivity contribution in [3.05, 3.63) is 37.4 Å². The molecule has 1 aromatic carbocycles. The molecular weight excluding hydrogens is 262 g/mol. The molecule has 108 valence electrons. The maximum Gasteiger partial charge on any atom is 0.302 e. The van der Waals surface area contributed by atoms with E-state index < -0.39 is 9.85 Å². The van der Waals surface area contributed by atoms with Gasteiger partial charge < -0.3 is 4.90 Å². The molecule has 7 heteroatoms. The van der Waals surface area contributed by atoms with Crippen LogP contribution in [0.4, 0.5) is 17.1 Å². The first-order chi connectivity index (χ1) is 9.43. The Kier molecular flexibility index (Phi) is 3.87. The minimum atomic E-state index is -0.524. The predicted molar refractivity (Wildman–Crippen MR) is 75.3 cm³/mol. The lowest BCUT2D eigenvalue weighted by Gasteiger charge is -2.28. The van der Waals surface area contributed by atoms with Gasteiger partial charge in [0.25, 0.3) is 5.69 Å². The van der Waals surface area contributed by atoms with Crippen LogP contribution in [0.25, 0.3) is 0 Å². The predicted octanol–water partition coefficient (Wildman–Crippen LogP) is 3.11. The largest absolute Gasteiger partial charge is 0.360 e. The summed E-state index contributed by atoms with van der Waals surface area (Å²) in [5, 5.41) is 22.6. The van der Waals surface area contributed by atoms with Gasteiger partial charge >= 0.3 is 5.69 Å². The van der Waals surface area contributed by atoms with Gasteiger partial charge in [-0.15, -0.1) is 0 Å². The summed E-state index contributed by atoms with van der Waals surface area (Å²) in [5.74, 6) is 0. The second-order valence-electron chi connectivity index (χ2n) is 5.10. The van der Waals surface area contributed by atoms with Crippen molar-refractivity contribution in [2.24, 2.45) is 0 Å². The van der Waals surface area contributed by atoms with Crippen molar-refractivity contribution < 1.29 is 9.85 Å².